The minimum Gasteiger partial charge on any atom is -0.496 e. The van der Waals surface area contributed by atoms with Gasteiger partial charge in [0.05, 0.1) is 7.11 Å². The second-order valence-corrected chi connectivity index (χ2v) is 4.64. The first-order valence-electron chi connectivity index (χ1n) is 6.12. The van der Waals surface area contributed by atoms with Gasteiger partial charge < -0.3 is 15.2 Å². The predicted molar refractivity (Wildman–Crippen MR) is 69.9 cm³/mol. The van der Waals surface area contributed by atoms with Crippen LogP contribution in [0.5, 0.6) is 11.6 Å². The van der Waals surface area contributed by atoms with Gasteiger partial charge in [0.2, 0.25) is 5.88 Å². The second-order valence-electron chi connectivity index (χ2n) is 4.64. The van der Waals surface area contributed by atoms with E-state index in [2.05, 4.69) is 4.98 Å². The zero-order valence-corrected chi connectivity index (χ0v) is 10.3. The van der Waals surface area contributed by atoms with Crippen LogP contribution in [0.3, 0.4) is 0 Å². The van der Waals surface area contributed by atoms with E-state index in [-0.39, 0.29) is 12.1 Å². The Bertz CT molecular complexity index is 565. The zero-order valence-electron chi connectivity index (χ0n) is 10.3. The van der Waals surface area contributed by atoms with Gasteiger partial charge in [-0.2, -0.15) is 0 Å². The minimum atomic E-state index is 0.198. The van der Waals surface area contributed by atoms with Gasteiger partial charge in [0.25, 0.3) is 0 Å². The molecule has 1 heterocycles. The maximum Gasteiger partial charge on any atom is 0.221 e. The first-order chi connectivity index (χ1) is 8.78. The number of pyridine rings is 1. The van der Waals surface area contributed by atoms with E-state index < -0.39 is 0 Å². The number of aromatic nitrogens is 1. The lowest BCUT2D eigenvalue weighted by molar-refractivity contribution is 0.0977. The molecule has 4 heteroatoms. The van der Waals surface area contributed by atoms with Crippen molar-refractivity contribution >= 4 is 10.8 Å². The van der Waals surface area contributed by atoms with Gasteiger partial charge in [-0.15, -0.1) is 0 Å². The van der Waals surface area contributed by atoms with Crippen molar-refractivity contribution in [3.05, 3.63) is 30.5 Å². The number of nitrogens with zero attached hydrogens (tertiary/aromatic N) is 1. The van der Waals surface area contributed by atoms with Crippen LogP contribution in [0.4, 0.5) is 0 Å². The lowest BCUT2D eigenvalue weighted by Gasteiger charge is -2.32. The molecule has 1 saturated carbocycles. The Labute approximate surface area is 106 Å². The van der Waals surface area contributed by atoms with Crippen molar-refractivity contribution in [1.29, 1.82) is 0 Å². The lowest BCUT2D eigenvalue weighted by atomic mass is 9.90. The van der Waals surface area contributed by atoms with Gasteiger partial charge in [0.1, 0.15) is 11.9 Å². The quantitative estimate of drug-likeness (QED) is 0.898. The highest BCUT2D eigenvalue weighted by molar-refractivity contribution is 5.91. The fourth-order valence-corrected chi connectivity index (χ4v) is 2.28. The summed E-state index contributed by atoms with van der Waals surface area (Å²) >= 11 is 0. The van der Waals surface area contributed by atoms with Crippen molar-refractivity contribution in [2.75, 3.05) is 7.11 Å². The number of methoxy groups -OCH3 is 1. The molecule has 0 radical (unpaired) electrons. The largest absolute Gasteiger partial charge is 0.496 e. The SMILES string of the molecule is COc1cccc2c(OC3CC(N)C3)nccc12. The topological polar surface area (TPSA) is 57.4 Å². The first-order valence-corrected chi connectivity index (χ1v) is 6.12. The van der Waals surface area contributed by atoms with Crippen LogP contribution in [-0.2, 0) is 0 Å². The summed E-state index contributed by atoms with van der Waals surface area (Å²) in [5, 5.41) is 2.01. The summed E-state index contributed by atoms with van der Waals surface area (Å²) in [7, 11) is 1.67. The monoisotopic (exact) mass is 244 g/mol. The molecule has 2 aromatic rings. The minimum absolute atomic E-state index is 0.198. The smallest absolute Gasteiger partial charge is 0.221 e. The summed E-state index contributed by atoms with van der Waals surface area (Å²) in [6.07, 6.45) is 3.76. The zero-order chi connectivity index (χ0) is 12.5. The normalized spacial score (nSPS) is 22.6. The summed E-state index contributed by atoms with van der Waals surface area (Å²) in [4.78, 5) is 4.31. The molecule has 2 N–H and O–H groups in total. The molecule has 18 heavy (non-hydrogen) atoms. The predicted octanol–water partition coefficient (Wildman–Crippen LogP) is 2.11. The Hall–Kier alpha value is -1.81. The van der Waals surface area contributed by atoms with Crippen molar-refractivity contribution in [3.8, 4) is 11.6 Å². The molecule has 0 saturated heterocycles. The van der Waals surface area contributed by atoms with Gasteiger partial charge in [-0.3, -0.25) is 0 Å². The third-order valence-corrected chi connectivity index (χ3v) is 3.36. The van der Waals surface area contributed by atoms with Gasteiger partial charge in [0, 0.05) is 23.0 Å². The van der Waals surface area contributed by atoms with E-state index in [1.54, 1.807) is 13.3 Å². The van der Waals surface area contributed by atoms with E-state index in [4.69, 9.17) is 15.2 Å². The highest BCUT2D eigenvalue weighted by Crippen LogP contribution is 2.32. The van der Waals surface area contributed by atoms with Crippen LogP contribution in [0.25, 0.3) is 10.8 Å². The maximum absolute atomic E-state index is 5.89. The van der Waals surface area contributed by atoms with Crippen LogP contribution >= 0.6 is 0 Å². The molecule has 1 aromatic heterocycles. The Balaban J connectivity index is 1.96. The highest BCUT2D eigenvalue weighted by atomic mass is 16.5. The van der Waals surface area contributed by atoms with Gasteiger partial charge in [0.15, 0.2) is 0 Å². The summed E-state index contributed by atoms with van der Waals surface area (Å²) in [5.41, 5.74) is 5.76. The summed E-state index contributed by atoms with van der Waals surface area (Å²) in [6.45, 7) is 0. The number of ether oxygens (including phenoxy) is 2. The molecule has 4 nitrogen and oxygen atoms in total. The summed E-state index contributed by atoms with van der Waals surface area (Å²) in [6, 6.07) is 8.10. The van der Waals surface area contributed by atoms with E-state index in [1.165, 1.54) is 0 Å². The number of hydrogen-bond donors (Lipinski definition) is 1. The van der Waals surface area contributed by atoms with E-state index in [1.807, 2.05) is 24.3 Å². The Kier molecular flexibility index (Phi) is 2.80. The van der Waals surface area contributed by atoms with Crippen LogP contribution in [0.1, 0.15) is 12.8 Å². The van der Waals surface area contributed by atoms with E-state index >= 15 is 0 Å². The number of nitrogens with two attached hydrogens (primary N) is 1. The Morgan fingerprint density at radius 2 is 2.06 bits per heavy atom. The van der Waals surface area contributed by atoms with Gasteiger partial charge >= 0.3 is 0 Å². The third kappa shape index (κ3) is 1.88. The van der Waals surface area contributed by atoms with Crippen LogP contribution in [0.15, 0.2) is 30.5 Å². The average molecular weight is 244 g/mol. The van der Waals surface area contributed by atoms with E-state index in [9.17, 15) is 0 Å². The van der Waals surface area contributed by atoms with Crippen molar-refractivity contribution < 1.29 is 9.47 Å². The number of benzene rings is 1. The fraction of sp³-hybridized carbons (Fsp3) is 0.357. The molecule has 1 aromatic carbocycles. The highest BCUT2D eigenvalue weighted by Gasteiger charge is 2.28. The number of fused-ring (bicyclic) bond motifs is 1. The molecule has 0 atom stereocenters. The molecule has 3 rings (SSSR count). The van der Waals surface area contributed by atoms with Crippen molar-refractivity contribution in [2.45, 2.75) is 25.0 Å². The van der Waals surface area contributed by atoms with Gasteiger partial charge in [-0.05, 0) is 31.0 Å². The Morgan fingerprint density at radius 3 is 2.78 bits per heavy atom. The third-order valence-electron chi connectivity index (χ3n) is 3.36. The van der Waals surface area contributed by atoms with Crippen LogP contribution in [-0.4, -0.2) is 24.2 Å². The van der Waals surface area contributed by atoms with Crippen molar-refractivity contribution in [2.24, 2.45) is 5.73 Å². The standard InChI is InChI=1S/C14H16N2O2/c1-17-13-4-2-3-12-11(13)5-6-16-14(12)18-10-7-9(15)8-10/h2-6,9-10H,7-8,15H2,1H3. The van der Waals surface area contributed by atoms with Crippen LogP contribution < -0.4 is 15.2 Å². The molecule has 0 unspecified atom stereocenters. The van der Waals surface area contributed by atoms with Gasteiger partial charge in [-0.25, -0.2) is 4.98 Å². The molecule has 0 aliphatic heterocycles. The maximum atomic E-state index is 5.89. The molecule has 1 aliphatic rings. The second kappa shape index (κ2) is 4.46. The van der Waals surface area contributed by atoms with Crippen molar-refractivity contribution in [1.82, 2.24) is 4.98 Å². The molecular formula is C14H16N2O2. The van der Waals surface area contributed by atoms with Crippen LogP contribution in [0.2, 0.25) is 0 Å². The molecule has 94 valence electrons. The molecule has 0 bridgehead atoms. The molecule has 1 fully saturated rings. The average Bonchev–Trinajstić information content (AvgIpc) is 2.36. The summed E-state index contributed by atoms with van der Waals surface area (Å²) in [5.74, 6) is 1.51. The number of hydrogen-bond acceptors (Lipinski definition) is 4. The fourth-order valence-electron chi connectivity index (χ4n) is 2.28. The van der Waals surface area contributed by atoms with Crippen molar-refractivity contribution in [3.63, 3.8) is 0 Å². The number of rotatable bonds is 3. The first kappa shape index (κ1) is 11.3. The van der Waals surface area contributed by atoms with Crippen LogP contribution in [0, 0.1) is 0 Å². The summed E-state index contributed by atoms with van der Waals surface area (Å²) < 4.78 is 11.2. The molecule has 0 spiro atoms. The Morgan fingerprint density at radius 1 is 1.22 bits per heavy atom. The lowest BCUT2D eigenvalue weighted by Crippen LogP contribution is -2.43. The molecule has 0 amide bonds. The van der Waals surface area contributed by atoms with Gasteiger partial charge in [-0.1, -0.05) is 6.07 Å². The molecule has 1 aliphatic carbocycles. The molecular weight excluding hydrogens is 228 g/mol. The van der Waals surface area contributed by atoms with E-state index in [0.717, 1.165) is 29.4 Å². The van der Waals surface area contributed by atoms with E-state index in [0.29, 0.717) is 5.88 Å².